The SMILES string of the molecule is CC1(C)CC[C@@H](N)C(=O)N1.CC1(C)CC[C@@H](NC(=O)OC(C)(C)C)C(=O)N1.Cl. The lowest BCUT2D eigenvalue weighted by atomic mass is 9.90. The zero-order chi connectivity index (χ0) is 21.0. The molecule has 2 fully saturated rings. The molecule has 0 aromatic heterocycles. The highest BCUT2D eigenvalue weighted by Gasteiger charge is 2.34. The third-order valence-corrected chi connectivity index (χ3v) is 4.41. The Morgan fingerprint density at radius 2 is 1.50 bits per heavy atom. The fourth-order valence-corrected chi connectivity index (χ4v) is 2.84. The topological polar surface area (TPSA) is 123 Å². The maximum absolute atomic E-state index is 11.7. The van der Waals surface area contributed by atoms with Gasteiger partial charge in [0, 0.05) is 11.1 Å². The van der Waals surface area contributed by atoms with Crippen molar-refractivity contribution in [3.63, 3.8) is 0 Å². The van der Waals surface area contributed by atoms with Crippen LogP contribution in [0.4, 0.5) is 4.79 Å². The molecule has 0 unspecified atom stereocenters. The van der Waals surface area contributed by atoms with Gasteiger partial charge in [0.25, 0.3) is 0 Å². The van der Waals surface area contributed by atoms with Crippen LogP contribution in [0.1, 0.15) is 74.1 Å². The van der Waals surface area contributed by atoms with Gasteiger partial charge in [-0.3, -0.25) is 9.59 Å². The molecule has 9 heteroatoms. The highest BCUT2D eigenvalue weighted by atomic mass is 35.5. The summed E-state index contributed by atoms with van der Waals surface area (Å²) >= 11 is 0. The van der Waals surface area contributed by atoms with Gasteiger partial charge in [0.05, 0.1) is 6.04 Å². The summed E-state index contributed by atoms with van der Waals surface area (Å²) in [7, 11) is 0. The summed E-state index contributed by atoms with van der Waals surface area (Å²) in [5.41, 5.74) is 4.70. The van der Waals surface area contributed by atoms with E-state index in [9.17, 15) is 14.4 Å². The molecular weight excluding hydrogens is 384 g/mol. The standard InChI is InChI=1S/C12H22N2O3.C7H14N2O.ClH/c1-11(2,3)17-10(16)13-8-6-7-12(4,5)14-9(8)15;1-7(2)4-3-5(8)6(10)9-7;/h8H,6-7H2,1-5H3,(H,13,16)(H,14,15);5H,3-4,8H2,1-2H3,(H,9,10);1H/t8-;5-;/m11./s1. The van der Waals surface area contributed by atoms with E-state index in [1.807, 2.05) is 27.7 Å². The maximum atomic E-state index is 11.7. The second-order valence-corrected chi connectivity index (χ2v) is 9.63. The number of nitrogens with one attached hydrogen (secondary N) is 3. The first-order valence-electron chi connectivity index (χ1n) is 9.49. The van der Waals surface area contributed by atoms with E-state index < -0.39 is 17.7 Å². The van der Waals surface area contributed by atoms with Crippen LogP contribution in [0.2, 0.25) is 0 Å². The molecular formula is C19H37ClN4O4. The second-order valence-electron chi connectivity index (χ2n) is 9.63. The molecule has 28 heavy (non-hydrogen) atoms. The Labute approximate surface area is 174 Å². The minimum atomic E-state index is -0.547. The van der Waals surface area contributed by atoms with Crippen LogP contribution in [0.3, 0.4) is 0 Å². The summed E-state index contributed by atoms with van der Waals surface area (Å²) in [6.07, 6.45) is 2.70. The van der Waals surface area contributed by atoms with E-state index >= 15 is 0 Å². The van der Waals surface area contributed by atoms with Crippen molar-refractivity contribution in [1.29, 1.82) is 0 Å². The number of hydrogen-bond acceptors (Lipinski definition) is 5. The Balaban J connectivity index is 0.000000567. The maximum Gasteiger partial charge on any atom is 0.408 e. The number of alkyl carbamates (subject to hydrolysis) is 1. The molecule has 0 saturated carbocycles. The van der Waals surface area contributed by atoms with Crippen molar-refractivity contribution in [2.24, 2.45) is 5.73 Å². The third-order valence-electron chi connectivity index (χ3n) is 4.41. The quantitative estimate of drug-likeness (QED) is 0.516. The van der Waals surface area contributed by atoms with Gasteiger partial charge in [-0.2, -0.15) is 0 Å². The molecule has 8 nitrogen and oxygen atoms in total. The fourth-order valence-electron chi connectivity index (χ4n) is 2.84. The third kappa shape index (κ3) is 9.59. The molecule has 2 heterocycles. The largest absolute Gasteiger partial charge is 0.444 e. The first-order chi connectivity index (χ1) is 12.1. The summed E-state index contributed by atoms with van der Waals surface area (Å²) in [5, 5.41) is 8.30. The van der Waals surface area contributed by atoms with Gasteiger partial charge < -0.3 is 26.4 Å². The number of nitrogens with two attached hydrogens (primary N) is 1. The van der Waals surface area contributed by atoms with Gasteiger partial charge in [-0.1, -0.05) is 0 Å². The summed E-state index contributed by atoms with van der Waals surface area (Å²) in [4.78, 5) is 34.2. The molecule has 164 valence electrons. The lowest BCUT2D eigenvalue weighted by Gasteiger charge is -2.35. The Morgan fingerprint density at radius 3 is 1.89 bits per heavy atom. The van der Waals surface area contributed by atoms with Crippen molar-refractivity contribution in [1.82, 2.24) is 16.0 Å². The van der Waals surface area contributed by atoms with Crippen molar-refractivity contribution in [3.05, 3.63) is 0 Å². The van der Waals surface area contributed by atoms with Gasteiger partial charge in [-0.15, -0.1) is 12.4 Å². The van der Waals surface area contributed by atoms with Crippen LogP contribution in [-0.2, 0) is 14.3 Å². The summed E-state index contributed by atoms with van der Waals surface area (Å²) in [6, 6.07) is -0.772. The number of amides is 3. The number of ether oxygens (including phenoxy) is 1. The zero-order valence-corrected chi connectivity index (χ0v) is 18.9. The molecule has 2 saturated heterocycles. The molecule has 0 aliphatic carbocycles. The number of carbonyl (C=O) groups excluding carboxylic acids is 3. The van der Waals surface area contributed by atoms with Crippen LogP contribution in [0, 0.1) is 0 Å². The van der Waals surface area contributed by atoms with Gasteiger partial charge in [-0.25, -0.2) is 4.79 Å². The number of carbonyl (C=O) groups is 3. The molecule has 2 rings (SSSR count). The van der Waals surface area contributed by atoms with Crippen molar-refractivity contribution in [2.75, 3.05) is 0 Å². The monoisotopic (exact) mass is 420 g/mol. The highest BCUT2D eigenvalue weighted by molar-refractivity contribution is 5.87. The van der Waals surface area contributed by atoms with E-state index in [-0.39, 0.29) is 41.3 Å². The minimum absolute atomic E-state index is 0. The van der Waals surface area contributed by atoms with Gasteiger partial charge in [0.2, 0.25) is 11.8 Å². The average Bonchev–Trinajstić information content (AvgIpc) is 2.44. The molecule has 2 atom stereocenters. The number of hydrogen-bond donors (Lipinski definition) is 4. The van der Waals surface area contributed by atoms with E-state index in [4.69, 9.17) is 10.5 Å². The fraction of sp³-hybridized carbons (Fsp3) is 0.842. The van der Waals surface area contributed by atoms with E-state index in [1.54, 1.807) is 20.8 Å². The predicted octanol–water partition coefficient (Wildman–Crippen LogP) is 1.99. The smallest absolute Gasteiger partial charge is 0.408 e. The highest BCUT2D eigenvalue weighted by Crippen LogP contribution is 2.19. The molecule has 0 spiro atoms. The van der Waals surface area contributed by atoms with Crippen LogP contribution >= 0.6 is 12.4 Å². The van der Waals surface area contributed by atoms with Gasteiger partial charge in [0.1, 0.15) is 11.6 Å². The first kappa shape index (κ1) is 26.5. The zero-order valence-electron chi connectivity index (χ0n) is 18.1. The minimum Gasteiger partial charge on any atom is -0.444 e. The Kier molecular flexibility index (Phi) is 9.24. The number of halogens is 1. The molecule has 2 aliphatic heterocycles. The van der Waals surface area contributed by atoms with E-state index in [2.05, 4.69) is 16.0 Å². The average molecular weight is 421 g/mol. The van der Waals surface area contributed by atoms with Crippen molar-refractivity contribution < 1.29 is 19.1 Å². The van der Waals surface area contributed by atoms with Gasteiger partial charge in [-0.05, 0) is 74.1 Å². The summed E-state index contributed by atoms with van der Waals surface area (Å²) < 4.78 is 5.11. The van der Waals surface area contributed by atoms with Crippen molar-refractivity contribution in [2.45, 2.75) is 103 Å². The molecule has 2 aliphatic rings. The lowest BCUT2D eigenvalue weighted by Crippen LogP contribution is -2.58. The molecule has 0 aromatic rings. The van der Waals surface area contributed by atoms with Crippen LogP contribution in [0.15, 0.2) is 0 Å². The predicted molar refractivity (Wildman–Crippen MR) is 111 cm³/mol. The van der Waals surface area contributed by atoms with E-state index in [1.165, 1.54) is 0 Å². The Bertz CT molecular complexity index is 573. The van der Waals surface area contributed by atoms with Crippen LogP contribution in [0.25, 0.3) is 0 Å². The number of piperidine rings is 2. The Morgan fingerprint density at radius 1 is 1.04 bits per heavy atom. The summed E-state index contributed by atoms with van der Waals surface area (Å²) in [5.74, 6) is -0.164. The van der Waals surface area contributed by atoms with Crippen LogP contribution < -0.4 is 21.7 Å². The molecule has 5 N–H and O–H groups in total. The van der Waals surface area contributed by atoms with Crippen LogP contribution in [-0.4, -0.2) is 46.7 Å². The lowest BCUT2D eigenvalue weighted by molar-refractivity contribution is -0.127. The van der Waals surface area contributed by atoms with E-state index in [0.717, 1.165) is 19.3 Å². The van der Waals surface area contributed by atoms with Gasteiger partial charge >= 0.3 is 6.09 Å². The normalized spacial score (nSPS) is 25.7. The Hall–Kier alpha value is -1.54. The van der Waals surface area contributed by atoms with Gasteiger partial charge in [0.15, 0.2) is 0 Å². The number of rotatable bonds is 1. The first-order valence-corrected chi connectivity index (χ1v) is 9.49. The van der Waals surface area contributed by atoms with Crippen LogP contribution in [0.5, 0.6) is 0 Å². The summed E-state index contributed by atoms with van der Waals surface area (Å²) in [6.45, 7) is 13.3. The molecule has 0 aromatic carbocycles. The molecule has 0 bridgehead atoms. The van der Waals surface area contributed by atoms with E-state index in [0.29, 0.717) is 6.42 Å². The molecule has 3 amide bonds. The molecule has 0 radical (unpaired) electrons. The van der Waals surface area contributed by atoms with Crippen molar-refractivity contribution >= 4 is 30.3 Å². The van der Waals surface area contributed by atoms with Crippen molar-refractivity contribution in [3.8, 4) is 0 Å². The second kappa shape index (κ2) is 9.78.